The van der Waals surface area contributed by atoms with Crippen LogP contribution in [0.15, 0.2) is 18.7 Å². The monoisotopic (exact) mass is 396 g/mol. The Hall–Kier alpha value is -2.64. The number of nitrogens with zero attached hydrogens (tertiary/aromatic N) is 5. The van der Waals surface area contributed by atoms with Gasteiger partial charge in [0.1, 0.15) is 6.04 Å². The first kappa shape index (κ1) is 18.4. The van der Waals surface area contributed by atoms with Crippen LogP contribution >= 0.6 is 0 Å². The number of H-pyrrole nitrogens is 1. The number of aromatic amines is 1. The summed E-state index contributed by atoms with van der Waals surface area (Å²) in [6.07, 6.45) is 9.73. The number of fused-ring (bicyclic) bond motifs is 2. The van der Waals surface area contributed by atoms with Crippen LogP contribution in [0, 0.1) is 12.8 Å². The molecule has 2 amide bonds. The predicted molar refractivity (Wildman–Crippen MR) is 106 cm³/mol. The summed E-state index contributed by atoms with van der Waals surface area (Å²) in [5.41, 5.74) is 2.82. The normalized spacial score (nSPS) is 21.9. The van der Waals surface area contributed by atoms with E-state index in [4.69, 9.17) is 0 Å². The molecule has 2 fully saturated rings. The fraction of sp³-hybridized carbons (Fsp3) is 0.619. The molecular weight excluding hydrogens is 368 g/mol. The number of rotatable bonds is 3. The van der Waals surface area contributed by atoms with Gasteiger partial charge in [-0.05, 0) is 45.1 Å². The lowest BCUT2D eigenvalue weighted by molar-refractivity contribution is -0.146. The molecule has 1 saturated heterocycles. The van der Waals surface area contributed by atoms with E-state index in [1.165, 1.54) is 0 Å². The van der Waals surface area contributed by atoms with Gasteiger partial charge in [0.15, 0.2) is 0 Å². The van der Waals surface area contributed by atoms with Gasteiger partial charge in [-0.15, -0.1) is 0 Å². The molecule has 2 aromatic rings. The lowest BCUT2D eigenvalue weighted by Gasteiger charge is -2.50. The molecule has 1 aliphatic carbocycles. The van der Waals surface area contributed by atoms with Crippen LogP contribution in [0.2, 0.25) is 0 Å². The third kappa shape index (κ3) is 2.96. The van der Waals surface area contributed by atoms with E-state index < -0.39 is 0 Å². The molecule has 1 N–H and O–H groups in total. The fourth-order valence-electron chi connectivity index (χ4n) is 4.98. The van der Waals surface area contributed by atoms with Crippen molar-refractivity contribution in [2.24, 2.45) is 5.92 Å². The SMILES string of the molecule is Cc1cnn([C@@H](C)C(=O)N2CCC3(CC2)c2nc[nH]c2CCN3C(=O)C2CC2)c1. The maximum atomic E-state index is 13.1. The van der Waals surface area contributed by atoms with Crippen LogP contribution in [-0.4, -0.2) is 61.0 Å². The Morgan fingerprint density at radius 2 is 2.00 bits per heavy atom. The largest absolute Gasteiger partial charge is 0.348 e. The van der Waals surface area contributed by atoms with E-state index in [1.54, 1.807) is 17.2 Å². The average Bonchev–Trinajstić information content (AvgIpc) is 3.31. The molecule has 1 saturated carbocycles. The van der Waals surface area contributed by atoms with Gasteiger partial charge in [-0.3, -0.25) is 14.3 Å². The Bertz CT molecular complexity index is 935. The van der Waals surface area contributed by atoms with Gasteiger partial charge in [-0.1, -0.05) is 0 Å². The number of aryl methyl sites for hydroxylation is 1. The third-order valence-corrected chi connectivity index (χ3v) is 6.84. The number of carbonyl (C=O) groups excluding carboxylic acids is 2. The van der Waals surface area contributed by atoms with Gasteiger partial charge in [0.2, 0.25) is 11.8 Å². The van der Waals surface area contributed by atoms with E-state index in [-0.39, 0.29) is 29.3 Å². The zero-order chi connectivity index (χ0) is 20.2. The molecule has 1 atom stereocenters. The molecule has 8 nitrogen and oxygen atoms in total. The maximum absolute atomic E-state index is 13.1. The van der Waals surface area contributed by atoms with Crippen LogP contribution in [0.4, 0.5) is 0 Å². The van der Waals surface area contributed by atoms with Gasteiger partial charge in [-0.2, -0.15) is 5.10 Å². The molecule has 0 radical (unpaired) electrons. The molecule has 4 heterocycles. The number of hydrogen-bond donors (Lipinski definition) is 1. The number of hydrogen-bond acceptors (Lipinski definition) is 4. The fourth-order valence-corrected chi connectivity index (χ4v) is 4.98. The molecule has 0 bridgehead atoms. The summed E-state index contributed by atoms with van der Waals surface area (Å²) < 4.78 is 1.73. The Labute approximate surface area is 170 Å². The minimum atomic E-state index is -0.379. The Balaban J connectivity index is 1.37. The number of imidazole rings is 1. The highest BCUT2D eigenvalue weighted by Crippen LogP contribution is 2.45. The first-order valence-electron chi connectivity index (χ1n) is 10.6. The molecule has 154 valence electrons. The van der Waals surface area contributed by atoms with Crippen LogP contribution in [0.5, 0.6) is 0 Å². The summed E-state index contributed by atoms with van der Waals surface area (Å²) in [6.45, 7) is 5.87. The van der Waals surface area contributed by atoms with E-state index in [2.05, 4.69) is 20.0 Å². The van der Waals surface area contributed by atoms with Crippen molar-refractivity contribution in [1.29, 1.82) is 0 Å². The highest BCUT2D eigenvalue weighted by atomic mass is 16.2. The van der Waals surface area contributed by atoms with E-state index in [9.17, 15) is 9.59 Å². The molecule has 0 aromatic carbocycles. The number of carbonyl (C=O) groups is 2. The number of aromatic nitrogens is 4. The molecule has 0 unspecified atom stereocenters. The molecule has 2 aromatic heterocycles. The first-order valence-corrected chi connectivity index (χ1v) is 10.6. The van der Waals surface area contributed by atoms with Crippen LogP contribution in [0.3, 0.4) is 0 Å². The van der Waals surface area contributed by atoms with Crippen molar-refractivity contribution in [3.63, 3.8) is 0 Å². The number of piperidine rings is 1. The van der Waals surface area contributed by atoms with Crippen molar-refractivity contribution in [1.82, 2.24) is 29.5 Å². The van der Waals surface area contributed by atoms with Crippen molar-refractivity contribution in [3.8, 4) is 0 Å². The second kappa shape index (κ2) is 6.71. The Kier molecular flexibility index (Phi) is 4.26. The topological polar surface area (TPSA) is 87.1 Å². The maximum Gasteiger partial charge on any atom is 0.247 e. The number of nitrogens with one attached hydrogen (secondary N) is 1. The van der Waals surface area contributed by atoms with Crippen LogP contribution in [0.1, 0.15) is 55.6 Å². The van der Waals surface area contributed by atoms with Gasteiger partial charge in [0, 0.05) is 43.9 Å². The number of amides is 2. The summed E-state index contributed by atoms with van der Waals surface area (Å²) in [5, 5.41) is 4.30. The minimum Gasteiger partial charge on any atom is -0.348 e. The summed E-state index contributed by atoms with van der Waals surface area (Å²) in [6, 6.07) is -0.325. The van der Waals surface area contributed by atoms with E-state index in [0.29, 0.717) is 13.1 Å². The number of likely N-dealkylation sites (tertiary alicyclic amines) is 1. The highest BCUT2D eigenvalue weighted by molar-refractivity contribution is 5.83. The minimum absolute atomic E-state index is 0.0843. The lowest BCUT2D eigenvalue weighted by Crippen LogP contribution is -2.59. The second-order valence-corrected chi connectivity index (χ2v) is 8.77. The zero-order valence-electron chi connectivity index (χ0n) is 17.1. The van der Waals surface area contributed by atoms with Crippen molar-refractivity contribution < 1.29 is 9.59 Å². The molecule has 29 heavy (non-hydrogen) atoms. The zero-order valence-corrected chi connectivity index (χ0v) is 17.1. The summed E-state index contributed by atoms with van der Waals surface area (Å²) in [5.74, 6) is 0.551. The Morgan fingerprint density at radius 3 is 2.66 bits per heavy atom. The molecule has 3 aliphatic rings. The lowest BCUT2D eigenvalue weighted by atomic mass is 9.78. The molecule has 5 rings (SSSR count). The van der Waals surface area contributed by atoms with Gasteiger partial charge in [0.05, 0.1) is 23.8 Å². The van der Waals surface area contributed by atoms with E-state index >= 15 is 0 Å². The quantitative estimate of drug-likeness (QED) is 0.857. The highest BCUT2D eigenvalue weighted by Gasteiger charge is 2.51. The van der Waals surface area contributed by atoms with Crippen LogP contribution in [0.25, 0.3) is 0 Å². The van der Waals surface area contributed by atoms with Crippen LogP contribution in [-0.2, 0) is 21.5 Å². The predicted octanol–water partition coefficient (Wildman–Crippen LogP) is 1.79. The summed E-state index contributed by atoms with van der Waals surface area (Å²) in [4.78, 5) is 38.1. The molecule has 1 spiro atoms. The van der Waals surface area contributed by atoms with E-state index in [0.717, 1.165) is 55.6 Å². The van der Waals surface area contributed by atoms with Crippen molar-refractivity contribution >= 4 is 11.8 Å². The van der Waals surface area contributed by atoms with Gasteiger partial charge < -0.3 is 14.8 Å². The smallest absolute Gasteiger partial charge is 0.247 e. The van der Waals surface area contributed by atoms with E-state index in [1.807, 2.05) is 24.9 Å². The average molecular weight is 396 g/mol. The molecule has 2 aliphatic heterocycles. The van der Waals surface area contributed by atoms with Crippen LogP contribution < -0.4 is 0 Å². The van der Waals surface area contributed by atoms with Crippen molar-refractivity contribution in [2.75, 3.05) is 19.6 Å². The Morgan fingerprint density at radius 1 is 1.24 bits per heavy atom. The van der Waals surface area contributed by atoms with Crippen molar-refractivity contribution in [3.05, 3.63) is 35.7 Å². The van der Waals surface area contributed by atoms with Gasteiger partial charge >= 0.3 is 0 Å². The van der Waals surface area contributed by atoms with Gasteiger partial charge in [-0.25, -0.2) is 4.98 Å². The third-order valence-electron chi connectivity index (χ3n) is 6.84. The molecular formula is C21H28N6O2. The molecule has 8 heteroatoms. The first-order chi connectivity index (χ1) is 14.0. The van der Waals surface area contributed by atoms with Gasteiger partial charge in [0.25, 0.3) is 0 Å². The van der Waals surface area contributed by atoms with Crippen molar-refractivity contribution in [2.45, 2.75) is 57.5 Å². The standard InChI is InChI=1S/C21H28N6O2/c1-14-11-24-27(12-14)15(2)19(28)25-9-6-21(7-10-25)18-17(22-13-23-18)5-8-26(21)20(29)16-3-4-16/h11-13,15-16H,3-10H2,1-2H3,(H,22,23)/t15-/m0/s1. The second-order valence-electron chi connectivity index (χ2n) is 8.77. The summed E-state index contributed by atoms with van der Waals surface area (Å²) in [7, 11) is 0. The summed E-state index contributed by atoms with van der Waals surface area (Å²) >= 11 is 0.